The highest BCUT2D eigenvalue weighted by molar-refractivity contribution is 7.94. The number of anilines is 1. The van der Waals surface area contributed by atoms with E-state index in [1.54, 1.807) is 6.92 Å². The van der Waals surface area contributed by atoms with Crippen LogP contribution in [0, 0.1) is 5.92 Å². The molecule has 1 heterocycles. The summed E-state index contributed by atoms with van der Waals surface area (Å²) in [6.45, 7) is 2.53. The van der Waals surface area contributed by atoms with Crippen molar-refractivity contribution in [2.75, 3.05) is 30.3 Å². The largest absolute Gasteiger partial charge is 0.495 e. The number of rotatable bonds is 7. The van der Waals surface area contributed by atoms with Gasteiger partial charge in [0, 0.05) is 0 Å². The molecule has 0 spiro atoms. The maximum atomic E-state index is 12.5. The van der Waals surface area contributed by atoms with Gasteiger partial charge in [0.25, 0.3) is 0 Å². The Morgan fingerprint density at radius 1 is 1.37 bits per heavy atom. The van der Waals surface area contributed by atoms with Crippen LogP contribution in [0.2, 0.25) is 0 Å². The maximum Gasteiger partial charge on any atom is 0.321 e. The zero-order chi connectivity index (χ0) is 20.4. The van der Waals surface area contributed by atoms with E-state index in [1.807, 2.05) is 0 Å². The van der Waals surface area contributed by atoms with Gasteiger partial charge in [0.2, 0.25) is 26.0 Å². The minimum Gasteiger partial charge on any atom is -0.495 e. The highest BCUT2D eigenvalue weighted by atomic mass is 32.2. The number of sulfonamides is 2. The molecular weight excluding hydrogens is 400 g/mol. The van der Waals surface area contributed by atoms with E-state index >= 15 is 0 Å². The second-order valence-electron chi connectivity index (χ2n) is 5.75. The van der Waals surface area contributed by atoms with E-state index in [9.17, 15) is 26.4 Å². The zero-order valence-corrected chi connectivity index (χ0v) is 16.6. The van der Waals surface area contributed by atoms with Gasteiger partial charge in [0.05, 0.1) is 31.1 Å². The minimum atomic E-state index is -4.25. The van der Waals surface area contributed by atoms with Crippen LogP contribution in [0.3, 0.4) is 0 Å². The fourth-order valence-corrected chi connectivity index (χ4v) is 5.50. The highest BCUT2D eigenvalue weighted by Gasteiger charge is 2.42. The molecule has 2 rings (SSSR count). The van der Waals surface area contributed by atoms with E-state index in [2.05, 4.69) is 9.46 Å². The number of methoxy groups -OCH3 is 1. The van der Waals surface area contributed by atoms with Crippen LogP contribution < -0.4 is 13.8 Å². The molecule has 0 aliphatic carbocycles. The van der Waals surface area contributed by atoms with Crippen molar-refractivity contribution in [1.29, 1.82) is 0 Å². The predicted molar refractivity (Wildman–Crippen MR) is 95.3 cm³/mol. The fourth-order valence-electron chi connectivity index (χ4n) is 2.53. The first-order chi connectivity index (χ1) is 12.5. The summed E-state index contributed by atoms with van der Waals surface area (Å²) in [5, 5.41) is 0. The average Bonchev–Trinajstić information content (AvgIpc) is 2.80. The number of carbonyl (C=O) groups is 2. The molecule has 1 amide bonds. The fraction of sp³-hybridized carbons (Fsp3) is 0.467. The van der Waals surface area contributed by atoms with E-state index in [4.69, 9.17) is 4.74 Å². The molecule has 150 valence electrons. The molecule has 1 aliphatic heterocycles. The summed E-state index contributed by atoms with van der Waals surface area (Å²) < 4.78 is 61.9. The van der Waals surface area contributed by atoms with Crippen LogP contribution in [0.25, 0.3) is 0 Å². The first-order valence-electron chi connectivity index (χ1n) is 7.93. The van der Waals surface area contributed by atoms with Gasteiger partial charge in [-0.15, -0.1) is 0 Å². The van der Waals surface area contributed by atoms with Gasteiger partial charge in [0.1, 0.15) is 17.2 Å². The molecule has 10 nitrogen and oxygen atoms in total. The molecule has 0 saturated carbocycles. The number of benzene rings is 1. The standard InChI is InChI=1S/C15H20N2O8S2/c1-4-25-14(18)8-16-27(22,23)13-7-11(5-6-12(13)24-3)17-15(19)10(2)9-26(17,20)21/h5-7,10,16H,4,8-9H2,1-3H3. The number of esters is 1. The van der Waals surface area contributed by atoms with Gasteiger partial charge in [-0.2, -0.15) is 4.72 Å². The maximum absolute atomic E-state index is 12.5. The van der Waals surface area contributed by atoms with Gasteiger partial charge in [-0.3, -0.25) is 9.59 Å². The molecule has 27 heavy (non-hydrogen) atoms. The average molecular weight is 420 g/mol. The highest BCUT2D eigenvalue weighted by Crippen LogP contribution is 2.33. The number of nitrogens with zero attached hydrogens (tertiary/aromatic N) is 1. The summed E-state index contributed by atoms with van der Waals surface area (Å²) in [5.41, 5.74) is -0.123. The second kappa shape index (κ2) is 7.82. The van der Waals surface area contributed by atoms with Crippen molar-refractivity contribution in [1.82, 2.24) is 4.72 Å². The first kappa shape index (κ1) is 21.1. The van der Waals surface area contributed by atoms with E-state index in [-0.39, 0.29) is 23.8 Å². The van der Waals surface area contributed by atoms with Crippen molar-refractivity contribution in [3.63, 3.8) is 0 Å². The van der Waals surface area contributed by atoms with Crippen LogP contribution in [-0.4, -0.2) is 54.7 Å². The van der Waals surface area contributed by atoms with Gasteiger partial charge in [-0.05, 0) is 25.1 Å². The normalized spacial score (nSPS) is 19.1. The van der Waals surface area contributed by atoms with E-state index in [0.717, 1.165) is 6.07 Å². The Hall–Kier alpha value is -2.18. The Balaban J connectivity index is 2.44. The smallest absolute Gasteiger partial charge is 0.321 e. The Morgan fingerprint density at radius 2 is 2.04 bits per heavy atom. The van der Waals surface area contributed by atoms with Crippen LogP contribution in [0.4, 0.5) is 5.69 Å². The number of ether oxygens (including phenoxy) is 2. The third-order valence-electron chi connectivity index (χ3n) is 3.74. The lowest BCUT2D eigenvalue weighted by Crippen LogP contribution is -2.32. The quantitative estimate of drug-likeness (QED) is 0.602. The third-order valence-corrected chi connectivity index (χ3v) is 7.03. The summed E-state index contributed by atoms with van der Waals surface area (Å²) in [4.78, 5) is 23.2. The van der Waals surface area contributed by atoms with Crippen molar-refractivity contribution in [2.45, 2.75) is 18.7 Å². The molecule has 12 heteroatoms. The van der Waals surface area contributed by atoms with Gasteiger partial charge in [-0.1, -0.05) is 6.92 Å². The van der Waals surface area contributed by atoms with Gasteiger partial charge in [-0.25, -0.2) is 21.1 Å². The summed E-state index contributed by atoms with van der Waals surface area (Å²) in [7, 11) is -6.91. The van der Waals surface area contributed by atoms with Crippen LogP contribution in [-0.2, 0) is 34.4 Å². The Labute approximate surface area is 157 Å². The first-order valence-corrected chi connectivity index (χ1v) is 11.0. The van der Waals surface area contributed by atoms with Gasteiger partial charge < -0.3 is 9.47 Å². The summed E-state index contributed by atoms with van der Waals surface area (Å²) in [5.74, 6) is -2.60. The molecule has 1 fully saturated rings. The Kier molecular flexibility index (Phi) is 6.12. The predicted octanol–water partition coefficient (Wildman–Crippen LogP) is -0.151. The molecule has 1 N–H and O–H groups in total. The van der Waals surface area contributed by atoms with Crippen molar-refractivity contribution in [3.05, 3.63) is 18.2 Å². The van der Waals surface area contributed by atoms with Crippen LogP contribution in [0.5, 0.6) is 5.75 Å². The third kappa shape index (κ3) is 4.39. The van der Waals surface area contributed by atoms with Crippen molar-refractivity contribution < 1.29 is 35.9 Å². The summed E-state index contributed by atoms with van der Waals surface area (Å²) >= 11 is 0. The van der Waals surface area contributed by atoms with E-state index < -0.39 is 49.3 Å². The molecule has 0 bridgehead atoms. The molecule has 1 aliphatic rings. The van der Waals surface area contributed by atoms with Crippen molar-refractivity contribution in [2.24, 2.45) is 5.92 Å². The number of nitrogens with one attached hydrogen (secondary N) is 1. The molecule has 1 aromatic carbocycles. The van der Waals surface area contributed by atoms with Gasteiger partial charge >= 0.3 is 5.97 Å². The van der Waals surface area contributed by atoms with E-state index in [0.29, 0.717) is 4.31 Å². The van der Waals surface area contributed by atoms with Crippen LogP contribution in [0.1, 0.15) is 13.8 Å². The monoisotopic (exact) mass is 420 g/mol. The number of hydrogen-bond acceptors (Lipinski definition) is 8. The molecule has 1 saturated heterocycles. The SMILES string of the molecule is CCOC(=O)CNS(=O)(=O)c1cc(N2C(=O)C(C)CS2(=O)=O)ccc1OC. The molecule has 1 unspecified atom stereocenters. The summed E-state index contributed by atoms with van der Waals surface area (Å²) in [6.07, 6.45) is 0. The Bertz CT molecular complexity index is 956. The number of amides is 1. The van der Waals surface area contributed by atoms with E-state index in [1.165, 1.54) is 26.2 Å². The minimum absolute atomic E-state index is 0.0767. The van der Waals surface area contributed by atoms with Crippen LogP contribution in [0.15, 0.2) is 23.1 Å². The molecule has 0 aromatic heterocycles. The lowest BCUT2D eigenvalue weighted by molar-refractivity contribution is -0.141. The topological polar surface area (TPSA) is 136 Å². The lowest BCUT2D eigenvalue weighted by Gasteiger charge is -2.18. The summed E-state index contributed by atoms with van der Waals surface area (Å²) in [6, 6.07) is 3.52. The van der Waals surface area contributed by atoms with Gasteiger partial charge in [0.15, 0.2) is 0 Å². The van der Waals surface area contributed by atoms with Crippen molar-refractivity contribution in [3.8, 4) is 5.75 Å². The van der Waals surface area contributed by atoms with Crippen LogP contribution >= 0.6 is 0 Å². The molecular formula is C15H20N2O8S2. The molecule has 0 radical (unpaired) electrons. The Morgan fingerprint density at radius 3 is 2.56 bits per heavy atom. The number of hydrogen-bond donors (Lipinski definition) is 1. The zero-order valence-electron chi connectivity index (χ0n) is 15.0. The lowest BCUT2D eigenvalue weighted by atomic mass is 10.2. The molecule has 1 atom stereocenters. The molecule has 1 aromatic rings. The second-order valence-corrected chi connectivity index (χ2v) is 9.34. The van der Waals surface area contributed by atoms with Crippen molar-refractivity contribution >= 4 is 37.6 Å². The number of carbonyl (C=O) groups excluding carboxylic acids is 2.